The number of esters is 1. The minimum Gasteiger partial charge on any atom is -0.493 e. The number of methoxy groups -OCH3 is 2. The minimum absolute atomic E-state index is 0.163. The number of hydrogen-bond acceptors (Lipinski definition) is 6. The lowest BCUT2D eigenvalue weighted by Crippen LogP contribution is -2.20. The van der Waals surface area contributed by atoms with Gasteiger partial charge in [0.1, 0.15) is 6.10 Å². The van der Waals surface area contributed by atoms with Gasteiger partial charge < -0.3 is 14.2 Å². The summed E-state index contributed by atoms with van der Waals surface area (Å²) < 4.78 is 18.1. The molecule has 0 aliphatic heterocycles. The average molecular weight is 370 g/mol. The van der Waals surface area contributed by atoms with Gasteiger partial charge >= 0.3 is 5.97 Å². The number of aromatic nitrogens is 3. The Morgan fingerprint density at radius 2 is 2.14 bits per heavy atom. The maximum atomic E-state index is 11.3. The molecule has 0 aliphatic carbocycles. The first kappa shape index (κ1) is 16.3. The number of hydrogen-bond donors (Lipinski definition) is 0. The third-order valence-electron chi connectivity index (χ3n) is 2.83. The highest BCUT2D eigenvalue weighted by Gasteiger charge is 2.14. The van der Waals surface area contributed by atoms with Gasteiger partial charge in [0.15, 0.2) is 17.2 Å². The zero-order chi connectivity index (χ0) is 16.1. The van der Waals surface area contributed by atoms with Crippen LogP contribution in [0.2, 0.25) is 0 Å². The first-order valence-electron chi connectivity index (χ1n) is 6.52. The summed E-state index contributed by atoms with van der Waals surface area (Å²) in [6.45, 7) is 2.32. The molecule has 1 aromatic carbocycles. The van der Waals surface area contributed by atoms with E-state index in [0.717, 1.165) is 4.47 Å². The Bertz CT molecular complexity index is 659. The number of nitrogens with zero attached hydrogens (tertiary/aromatic N) is 3. The molecule has 0 saturated heterocycles. The van der Waals surface area contributed by atoms with E-state index < -0.39 is 5.97 Å². The van der Waals surface area contributed by atoms with Gasteiger partial charge in [-0.25, -0.2) is 9.48 Å². The first-order chi connectivity index (χ1) is 10.5. The van der Waals surface area contributed by atoms with Gasteiger partial charge in [0, 0.05) is 4.47 Å². The molecule has 1 aromatic heterocycles. The fourth-order valence-corrected chi connectivity index (χ4v) is 2.18. The highest BCUT2D eigenvalue weighted by Crippen LogP contribution is 2.31. The molecule has 0 aliphatic rings. The molecule has 0 saturated carbocycles. The summed E-state index contributed by atoms with van der Waals surface area (Å²) in [5, 5.41) is 7.61. The summed E-state index contributed by atoms with van der Waals surface area (Å²) in [5.41, 5.74) is 0.163. The van der Waals surface area contributed by atoms with Crippen molar-refractivity contribution in [1.82, 2.24) is 15.0 Å². The van der Waals surface area contributed by atoms with Crippen molar-refractivity contribution >= 4 is 21.9 Å². The topological polar surface area (TPSA) is 75.5 Å². The van der Waals surface area contributed by atoms with E-state index in [4.69, 9.17) is 9.47 Å². The Balaban J connectivity index is 2.02. The second-order valence-electron chi connectivity index (χ2n) is 4.54. The van der Waals surface area contributed by atoms with Crippen molar-refractivity contribution in [2.24, 2.45) is 0 Å². The van der Waals surface area contributed by atoms with Crippen LogP contribution in [0.25, 0.3) is 0 Å². The van der Waals surface area contributed by atoms with Crippen LogP contribution in [0.3, 0.4) is 0 Å². The Morgan fingerprint density at radius 3 is 2.82 bits per heavy atom. The van der Waals surface area contributed by atoms with Crippen LogP contribution in [-0.2, 0) is 11.3 Å². The van der Waals surface area contributed by atoms with Crippen molar-refractivity contribution in [3.63, 3.8) is 0 Å². The standard InChI is InChI=1S/C14H16BrN3O4/c1-9(7-18-8-11(16-17-18)14(19)21-3)22-12-5-4-10(15)6-13(12)20-2/h4-6,8-9H,7H2,1-3H3/t9-/m1/s1. The molecule has 2 rings (SSSR count). The molecule has 118 valence electrons. The summed E-state index contributed by atoms with van der Waals surface area (Å²) in [4.78, 5) is 11.3. The second kappa shape index (κ2) is 7.26. The number of rotatable bonds is 6. The van der Waals surface area contributed by atoms with Gasteiger partial charge in [-0.15, -0.1) is 5.10 Å². The smallest absolute Gasteiger partial charge is 0.360 e. The maximum absolute atomic E-state index is 11.3. The molecule has 1 heterocycles. The lowest BCUT2D eigenvalue weighted by Gasteiger charge is -2.16. The van der Waals surface area contributed by atoms with Gasteiger partial charge in [0.25, 0.3) is 0 Å². The molecule has 0 spiro atoms. The fourth-order valence-electron chi connectivity index (χ4n) is 1.84. The van der Waals surface area contributed by atoms with Gasteiger partial charge in [-0.2, -0.15) is 0 Å². The average Bonchev–Trinajstić information content (AvgIpc) is 2.96. The Kier molecular flexibility index (Phi) is 5.37. The summed E-state index contributed by atoms with van der Waals surface area (Å²) >= 11 is 3.38. The number of benzene rings is 1. The monoisotopic (exact) mass is 369 g/mol. The van der Waals surface area contributed by atoms with E-state index in [0.29, 0.717) is 18.0 Å². The van der Waals surface area contributed by atoms with Crippen molar-refractivity contribution < 1.29 is 19.0 Å². The van der Waals surface area contributed by atoms with Crippen molar-refractivity contribution in [3.8, 4) is 11.5 Å². The van der Waals surface area contributed by atoms with Crippen LogP contribution in [0.4, 0.5) is 0 Å². The van der Waals surface area contributed by atoms with E-state index in [1.165, 1.54) is 18.0 Å². The predicted octanol–water partition coefficient (Wildman–Crippen LogP) is 2.30. The molecule has 0 bridgehead atoms. The van der Waals surface area contributed by atoms with E-state index in [9.17, 15) is 4.79 Å². The minimum atomic E-state index is -0.519. The predicted molar refractivity (Wildman–Crippen MR) is 82.1 cm³/mol. The van der Waals surface area contributed by atoms with Crippen LogP contribution < -0.4 is 9.47 Å². The molecule has 1 atom stereocenters. The molecule has 0 fully saturated rings. The zero-order valence-corrected chi connectivity index (χ0v) is 14.0. The molecule has 8 heteroatoms. The SMILES string of the molecule is COC(=O)c1cn(C[C@@H](C)Oc2ccc(Br)cc2OC)nn1. The maximum Gasteiger partial charge on any atom is 0.360 e. The van der Waals surface area contributed by atoms with Crippen LogP contribution in [0.5, 0.6) is 11.5 Å². The zero-order valence-electron chi connectivity index (χ0n) is 12.4. The molecule has 0 radical (unpaired) electrons. The molecule has 2 aromatic rings. The van der Waals surface area contributed by atoms with E-state index in [1.807, 2.05) is 25.1 Å². The summed E-state index contributed by atoms with van der Waals surface area (Å²) in [6, 6.07) is 5.52. The lowest BCUT2D eigenvalue weighted by molar-refractivity contribution is 0.0594. The lowest BCUT2D eigenvalue weighted by atomic mass is 10.3. The molecular formula is C14H16BrN3O4. The number of carbonyl (C=O) groups excluding carboxylic acids is 1. The summed E-state index contributed by atoms with van der Waals surface area (Å²) in [7, 11) is 2.88. The van der Waals surface area contributed by atoms with Crippen LogP contribution >= 0.6 is 15.9 Å². The Labute approximate surface area is 136 Å². The van der Waals surface area contributed by atoms with Crippen molar-refractivity contribution in [2.75, 3.05) is 14.2 Å². The molecule has 22 heavy (non-hydrogen) atoms. The van der Waals surface area contributed by atoms with Crippen LogP contribution in [0, 0.1) is 0 Å². The van der Waals surface area contributed by atoms with Crippen LogP contribution in [0.15, 0.2) is 28.9 Å². The van der Waals surface area contributed by atoms with Crippen molar-refractivity contribution in [2.45, 2.75) is 19.6 Å². The molecular weight excluding hydrogens is 354 g/mol. The highest BCUT2D eigenvalue weighted by atomic mass is 79.9. The Hall–Kier alpha value is -2.09. The van der Waals surface area contributed by atoms with Crippen LogP contribution in [0.1, 0.15) is 17.4 Å². The molecule has 0 N–H and O–H groups in total. The van der Waals surface area contributed by atoms with Gasteiger partial charge in [-0.3, -0.25) is 0 Å². The van der Waals surface area contributed by atoms with E-state index >= 15 is 0 Å². The van der Waals surface area contributed by atoms with E-state index in [1.54, 1.807) is 7.11 Å². The summed E-state index contributed by atoms with van der Waals surface area (Å²) in [5.74, 6) is 0.746. The third-order valence-corrected chi connectivity index (χ3v) is 3.32. The van der Waals surface area contributed by atoms with Crippen molar-refractivity contribution in [3.05, 3.63) is 34.6 Å². The number of halogens is 1. The number of carbonyl (C=O) groups is 1. The van der Waals surface area contributed by atoms with E-state index in [-0.39, 0.29) is 11.8 Å². The molecule has 0 amide bonds. The first-order valence-corrected chi connectivity index (χ1v) is 7.31. The Morgan fingerprint density at radius 1 is 1.36 bits per heavy atom. The van der Waals surface area contributed by atoms with Gasteiger partial charge in [0.2, 0.25) is 0 Å². The quantitative estimate of drug-likeness (QED) is 0.727. The summed E-state index contributed by atoms with van der Waals surface area (Å²) in [6.07, 6.45) is 1.33. The highest BCUT2D eigenvalue weighted by molar-refractivity contribution is 9.10. The van der Waals surface area contributed by atoms with Gasteiger partial charge in [-0.1, -0.05) is 21.1 Å². The largest absolute Gasteiger partial charge is 0.493 e. The van der Waals surface area contributed by atoms with Gasteiger partial charge in [-0.05, 0) is 25.1 Å². The fraction of sp³-hybridized carbons (Fsp3) is 0.357. The van der Waals surface area contributed by atoms with E-state index in [2.05, 4.69) is 31.0 Å². The third kappa shape index (κ3) is 3.97. The second-order valence-corrected chi connectivity index (χ2v) is 5.46. The number of ether oxygens (including phenoxy) is 3. The molecule has 7 nitrogen and oxygen atoms in total. The van der Waals surface area contributed by atoms with Crippen LogP contribution in [-0.4, -0.2) is 41.3 Å². The van der Waals surface area contributed by atoms with Crippen molar-refractivity contribution in [1.29, 1.82) is 0 Å². The normalized spacial score (nSPS) is 11.8. The molecule has 0 unspecified atom stereocenters. The van der Waals surface area contributed by atoms with Gasteiger partial charge in [0.05, 0.1) is 27.0 Å².